The predicted molar refractivity (Wildman–Crippen MR) is 123 cm³/mol. The molecular formula is C23H26N8O2. The van der Waals surface area contributed by atoms with E-state index in [1.165, 1.54) is 0 Å². The molecule has 3 aromatic rings. The number of nitrogens with two attached hydrogens (primary N) is 1. The second-order valence-electron chi connectivity index (χ2n) is 8.36. The third kappa shape index (κ3) is 4.21. The maximum atomic E-state index is 11.6. The summed E-state index contributed by atoms with van der Waals surface area (Å²) in [4.78, 5) is 38.7. The van der Waals surface area contributed by atoms with Crippen molar-refractivity contribution in [3.63, 3.8) is 0 Å². The molecule has 33 heavy (non-hydrogen) atoms. The summed E-state index contributed by atoms with van der Waals surface area (Å²) in [7, 11) is 0. The van der Waals surface area contributed by atoms with Gasteiger partial charge in [-0.1, -0.05) is 0 Å². The van der Waals surface area contributed by atoms with E-state index in [2.05, 4.69) is 44.7 Å². The molecule has 1 saturated heterocycles. The molecule has 2 N–H and O–H groups in total. The van der Waals surface area contributed by atoms with Crippen molar-refractivity contribution in [3.05, 3.63) is 53.6 Å². The number of pyridine rings is 1. The quantitative estimate of drug-likeness (QED) is 0.634. The highest BCUT2D eigenvalue weighted by Crippen LogP contribution is 2.33. The van der Waals surface area contributed by atoms with Crippen molar-refractivity contribution in [1.29, 1.82) is 0 Å². The highest BCUT2D eigenvalue weighted by molar-refractivity contribution is 5.79. The lowest BCUT2D eigenvalue weighted by atomic mass is 9.99. The summed E-state index contributed by atoms with van der Waals surface area (Å²) < 4.78 is 5.49. The van der Waals surface area contributed by atoms with Crippen molar-refractivity contribution in [3.8, 4) is 11.6 Å². The van der Waals surface area contributed by atoms with E-state index in [1.807, 2.05) is 12.3 Å². The Kier molecular flexibility index (Phi) is 5.59. The number of primary amides is 1. The maximum absolute atomic E-state index is 11.6. The number of carbonyl (C=O) groups excluding carboxylic acids is 1. The highest BCUT2D eigenvalue weighted by Gasteiger charge is 2.29. The Bertz CT molecular complexity index is 1170. The molecule has 1 fully saturated rings. The molecule has 5 rings (SSSR count). The average molecular weight is 447 g/mol. The number of amides is 1. The third-order valence-electron chi connectivity index (χ3n) is 6.12. The van der Waals surface area contributed by atoms with Crippen molar-refractivity contribution >= 4 is 17.5 Å². The van der Waals surface area contributed by atoms with Crippen molar-refractivity contribution in [2.75, 3.05) is 36.0 Å². The van der Waals surface area contributed by atoms with Crippen LogP contribution in [0, 0.1) is 6.92 Å². The van der Waals surface area contributed by atoms with Gasteiger partial charge in [-0.2, -0.15) is 0 Å². The van der Waals surface area contributed by atoms with E-state index in [1.54, 1.807) is 18.5 Å². The van der Waals surface area contributed by atoms with Gasteiger partial charge in [-0.05, 0) is 37.6 Å². The summed E-state index contributed by atoms with van der Waals surface area (Å²) in [6, 6.07) is 5.95. The fourth-order valence-electron chi connectivity index (χ4n) is 4.37. The van der Waals surface area contributed by atoms with Gasteiger partial charge in [-0.25, -0.2) is 24.9 Å². The first kappa shape index (κ1) is 21.2. The molecule has 10 heteroatoms. The van der Waals surface area contributed by atoms with Crippen LogP contribution in [0.15, 0.2) is 36.8 Å². The minimum atomic E-state index is -0.620. The second-order valence-corrected chi connectivity index (χ2v) is 8.36. The monoisotopic (exact) mass is 446 g/mol. The molecular weight excluding hydrogens is 420 g/mol. The first-order valence-corrected chi connectivity index (χ1v) is 11.0. The highest BCUT2D eigenvalue weighted by atomic mass is 16.5. The van der Waals surface area contributed by atoms with Crippen LogP contribution in [0.5, 0.6) is 0 Å². The molecule has 2 unspecified atom stereocenters. The average Bonchev–Trinajstić information content (AvgIpc) is 2.84. The number of morpholine rings is 1. The molecule has 10 nitrogen and oxygen atoms in total. The topological polar surface area (TPSA) is 123 Å². The van der Waals surface area contributed by atoms with Crippen LogP contribution >= 0.6 is 0 Å². The van der Waals surface area contributed by atoms with Crippen LogP contribution in [0.1, 0.15) is 29.8 Å². The van der Waals surface area contributed by atoms with Gasteiger partial charge in [0.05, 0.1) is 24.9 Å². The Morgan fingerprint density at radius 2 is 1.88 bits per heavy atom. The molecule has 2 aliphatic rings. The van der Waals surface area contributed by atoms with Gasteiger partial charge >= 0.3 is 0 Å². The van der Waals surface area contributed by atoms with Crippen LogP contribution in [0.4, 0.5) is 11.6 Å². The molecule has 0 radical (unpaired) electrons. The number of fused-ring (bicyclic) bond motifs is 1. The van der Waals surface area contributed by atoms with Gasteiger partial charge < -0.3 is 20.3 Å². The summed E-state index contributed by atoms with van der Waals surface area (Å²) in [5.74, 6) is 2.34. The smallest absolute Gasteiger partial charge is 0.248 e. The minimum absolute atomic E-state index is 0.0599. The van der Waals surface area contributed by atoms with E-state index in [4.69, 9.17) is 20.4 Å². The van der Waals surface area contributed by atoms with Gasteiger partial charge in [0.15, 0.2) is 17.8 Å². The number of ether oxygens (including phenoxy) is 1. The summed E-state index contributed by atoms with van der Waals surface area (Å²) in [5, 5.41) is 0. The Balaban J connectivity index is 1.41. The van der Waals surface area contributed by atoms with Crippen molar-refractivity contribution in [2.45, 2.75) is 32.4 Å². The van der Waals surface area contributed by atoms with Crippen LogP contribution < -0.4 is 15.5 Å². The first-order valence-electron chi connectivity index (χ1n) is 11.0. The fraction of sp³-hybridized carbons (Fsp3) is 0.391. The summed E-state index contributed by atoms with van der Waals surface area (Å²) in [6.07, 6.45) is 5.41. The lowest BCUT2D eigenvalue weighted by molar-refractivity contribution is -0.130. The molecule has 0 aromatic carbocycles. The number of rotatable bonds is 4. The third-order valence-corrected chi connectivity index (χ3v) is 6.12. The van der Waals surface area contributed by atoms with E-state index in [0.29, 0.717) is 31.3 Å². The maximum Gasteiger partial charge on any atom is 0.248 e. The Morgan fingerprint density at radius 3 is 2.67 bits per heavy atom. The van der Waals surface area contributed by atoms with Gasteiger partial charge in [-0.3, -0.25) is 4.79 Å². The van der Waals surface area contributed by atoms with Crippen LogP contribution in [0.3, 0.4) is 0 Å². The first-order chi connectivity index (χ1) is 16.0. The van der Waals surface area contributed by atoms with E-state index in [9.17, 15) is 4.79 Å². The van der Waals surface area contributed by atoms with Gasteiger partial charge in [0.25, 0.3) is 0 Å². The summed E-state index contributed by atoms with van der Waals surface area (Å²) in [5.41, 5.74) is 8.65. The number of aryl methyl sites for hydroxylation is 1. The predicted octanol–water partition coefficient (Wildman–Crippen LogP) is 1.45. The largest absolute Gasteiger partial charge is 0.367 e. The lowest BCUT2D eigenvalue weighted by Crippen LogP contribution is -2.48. The van der Waals surface area contributed by atoms with E-state index in [-0.39, 0.29) is 6.04 Å². The van der Waals surface area contributed by atoms with Gasteiger partial charge in [0, 0.05) is 43.7 Å². The number of nitrogens with zero attached hydrogens (tertiary/aromatic N) is 7. The number of carbonyl (C=O) groups is 1. The molecule has 0 aliphatic carbocycles. The Hall–Kier alpha value is -3.66. The van der Waals surface area contributed by atoms with Gasteiger partial charge in [0.1, 0.15) is 11.6 Å². The minimum Gasteiger partial charge on any atom is -0.367 e. The van der Waals surface area contributed by atoms with Crippen molar-refractivity contribution in [1.82, 2.24) is 24.9 Å². The number of aromatic nitrogens is 5. The zero-order valence-electron chi connectivity index (χ0n) is 18.7. The molecule has 1 amide bonds. The van der Waals surface area contributed by atoms with Crippen LogP contribution in [0.2, 0.25) is 0 Å². The zero-order chi connectivity index (χ0) is 22.9. The number of anilines is 2. The number of hydrogen-bond acceptors (Lipinski definition) is 9. The normalized spacial score (nSPS) is 20.4. The molecule has 0 spiro atoms. The van der Waals surface area contributed by atoms with Crippen LogP contribution in [-0.4, -0.2) is 63.2 Å². The Labute approximate surface area is 191 Å². The van der Waals surface area contributed by atoms with E-state index in [0.717, 1.165) is 41.4 Å². The van der Waals surface area contributed by atoms with Gasteiger partial charge in [-0.15, -0.1) is 0 Å². The number of hydrogen-bond donors (Lipinski definition) is 1. The Morgan fingerprint density at radius 1 is 1.09 bits per heavy atom. The molecule has 3 aromatic heterocycles. The second kappa shape index (κ2) is 8.70. The van der Waals surface area contributed by atoms with Crippen LogP contribution in [-0.2, 0) is 16.0 Å². The van der Waals surface area contributed by atoms with Gasteiger partial charge in [0.2, 0.25) is 5.91 Å². The molecule has 170 valence electrons. The molecule has 0 bridgehead atoms. The fourth-order valence-corrected chi connectivity index (χ4v) is 4.37. The molecule has 0 saturated carbocycles. The molecule has 2 aliphatic heterocycles. The summed E-state index contributed by atoms with van der Waals surface area (Å²) >= 11 is 0. The lowest BCUT2D eigenvalue weighted by Gasteiger charge is -2.37. The molecule has 2 atom stereocenters. The summed E-state index contributed by atoms with van der Waals surface area (Å²) in [6.45, 7) is 6.48. The van der Waals surface area contributed by atoms with E-state index < -0.39 is 12.0 Å². The van der Waals surface area contributed by atoms with Crippen molar-refractivity contribution in [2.24, 2.45) is 5.73 Å². The molecule has 5 heterocycles. The zero-order valence-corrected chi connectivity index (χ0v) is 18.7. The van der Waals surface area contributed by atoms with E-state index >= 15 is 0 Å². The SMILES string of the molecule is Cc1cc(N2CCOC(C(N)=O)C2)nc(N2CCc3nc(-c4ncccn4)ncc3C2C)c1. The van der Waals surface area contributed by atoms with Crippen molar-refractivity contribution < 1.29 is 9.53 Å². The van der Waals surface area contributed by atoms with Crippen LogP contribution in [0.25, 0.3) is 11.6 Å². The standard InChI is InChI=1S/C23H26N8O2/c1-14-10-19(30-8-9-33-18(13-30)21(24)32)29-20(11-14)31-7-4-17-16(15(31)2)12-27-23(28-17)22-25-5-3-6-26-22/h3,5-6,10-12,15,18H,4,7-9,13H2,1-2H3,(H2,24,32).